The van der Waals surface area contributed by atoms with Crippen molar-refractivity contribution < 1.29 is 14.0 Å². The summed E-state index contributed by atoms with van der Waals surface area (Å²) in [7, 11) is 0. The topological polar surface area (TPSA) is 63.4 Å². The molecule has 0 spiro atoms. The number of primary amides is 1. The van der Waals surface area contributed by atoms with Gasteiger partial charge in [-0.3, -0.25) is 9.59 Å². The van der Waals surface area contributed by atoms with Crippen molar-refractivity contribution >= 4 is 27.7 Å². The van der Waals surface area contributed by atoms with Crippen LogP contribution in [-0.4, -0.2) is 29.8 Å². The largest absolute Gasteiger partial charge is 0.370 e. The van der Waals surface area contributed by atoms with Crippen LogP contribution in [0.5, 0.6) is 0 Å². The van der Waals surface area contributed by atoms with Crippen LogP contribution in [-0.2, 0) is 4.79 Å². The van der Waals surface area contributed by atoms with Crippen molar-refractivity contribution in [3.8, 4) is 0 Å². The second kappa shape index (κ2) is 6.35. The smallest absolute Gasteiger partial charge is 0.256 e. The number of hydrogen-bond donors (Lipinski definition) is 1. The summed E-state index contributed by atoms with van der Waals surface area (Å²) in [5.74, 6) is -0.921. The zero-order valence-corrected chi connectivity index (χ0v) is 12.5. The third-order valence-electron chi connectivity index (χ3n) is 3.57. The first kappa shape index (κ1) is 15.0. The van der Waals surface area contributed by atoms with Crippen LogP contribution in [0.4, 0.5) is 4.39 Å². The Kier molecular flexibility index (Phi) is 4.75. The molecule has 1 heterocycles. The number of benzene rings is 1. The maximum Gasteiger partial charge on any atom is 0.256 e. The molecule has 0 aromatic heterocycles. The molecule has 2 amide bonds. The molecule has 2 N–H and O–H groups in total. The molecule has 0 atom stereocenters. The van der Waals surface area contributed by atoms with Crippen LogP contribution < -0.4 is 5.73 Å². The number of rotatable bonds is 3. The highest BCUT2D eigenvalue weighted by molar-refractivity contribution is 9.10. The van der Waals surface area contributed by atoms with Crippen molar-refractivity contribution in [2.24, 2.45) is 11.7 Å². The fraction of sp³-hybridized carbons (Fsp3) is 0.429. The monoisotopic (exact) mass is 342 g/mol. The van der Waals surface area contributed by atoms with Gasteiger partial charge in [-0.1, -0.05) is 6.07 Å². The van der Waals surface area contributed by atoms with Crippen LogP contribution in [0, 0.1) is 11.7 Å². The molecule has 6 heteroatoms. The van der Waals surface area contributed by atoms with Crippen molar-refractivity contribution in [1.29, 1.82) is 0 Å². The minimum absolute atomic E-state index is 0.0766. The van der Waals surface area contributed by atoms with E-state index in [1.807, 2.05) is 0 Å². The van der Waals surface area contributed by atoms with E-state index in [0.29, 0.717) is 19.5 Å². The van der Waals surface area contributed by atoms with Gasteiger partial charge in [0.05, 0.1) is 10.0 Å². The summed E-state index contributed by atoms with van der Waals surface area (Å²) in [5.41, 5.74) is 5.25. The molecule has 1 aromatic carbocycles. The van der Waals surface area contributed by atoms with E-state index in [1.54, 1.807) is 17.0 Å². The molecule has 1 aromatic rings. The van der Waals surface area contributed by atoms with E-state index >= 15 is 0 Å². The lowest BCUT2D eigenvalue weighted by Crippen LogP contribution is -2.39. The van der Waals surface area contributed by atoms with Gasteiger partial charge in [0.15, 0.2) is 0 Å². The number of hydrogen-bond acceptors (Lipinski definition) is 2. The Morgan fingerprint density at radius 2 is 2.00 bits per heavy atom. The first-order valence-corrected chi connectivity index (χ1v) is 7.30. The van der Waals surface area contributed by atoms with E-state index in [2.05, 4.69) is 15.9 Å². The van der Waals surface area contributed by atoms with Gasteiger partial charge in [0.25, 0.3) is 5.91 Å². The van der Waals surface area contributed by atoms with Gasteiger partial charge in [0.2, 0.25) is 5.91 Å². The van der Waals surface area contributed by atoms with Gasteiger partial charge in [0.1, 0.15) is 5.82 Å². The van der Waals surface area contributed by atoms with Gasteiger partial charge in [-0.2, -0.15) is 0 Å². The minimum Gasteiger partial charge on any atom is -0.370 e. The summed E-state index contributed by atoms with van der Waals surface area (Å²) in [6.07, 6.45) is 1.81. The summed E-state index contributed by atoms with van der Waals surface area (Å²) in [6.45, 7) is 1.06. The van der Waals surface area contributed by atoms with Crippen LogP contribution in [0.15, 0.2) is 22.7 Å². The zero-order chi connectivity index (χ0) is 14.7. The maximum absolute atomic E-state index is 13.9. The van der Waals surface area contributed by atoms with Crippen molar-refractivity contribution in [3.63, 3.8) is 0 Å². The molecule has 1 aliphatic rings. The van der Waals surface area contributed by atoms with Gasteiger partial charge in [-0.15, -0.1) is 0 Å². The predicted octanol–water partition coefficient (Wildman–Crippen LogP) is 2.32. The number of nitrogens with two attached hydrogens (primary N) is 1. The maximum atomic E-state index is 13.9. The third kappa shape index (κ3) is 3.36. The summed E-state index contributed by atoms with van der Waals surface area (Å²) < 4.78 is 14.2. The van der Waals surface area contributed by atoms with Crippen LogP contribution in [0.2, 0.25) is 0 Å². The molecule has 0 saturated carbocycles. The second-order valence-electron chi connectivity index (χ2n) is 5.01. The summed E-state index contributed by atoms with van der Waals surface area (Å²) in [5, 5.41) is 0. The molecule has 1 fully saturated rings. The molecule has 0 radical (unpaired) electrons. The van der Waals surface area contributed by atoms with Crippen LogP contribution in [0.1, 0.15) is 29.6 Å². The standard InChI is InChI=1S/C14H16BrFN2O2/c15-11-3-1-2-10(13(11)16)14(20)18-6-4-9(5-7-18)8-12(17)19/h1-3,9H,4-8H2,(H2,17,19). The normalized spacial score (nSPS) is 16.2. The minimum atomic E-state index is -0.531. The zero-order valence-electron chi connectivity index (χ0n) is 10.9. The van der Waals surface area contributed by atoms with Crippen molar-refractivity contribution in [2.45, 2.75) is 19.3 Å². The fourth-order valence-electron chi connectivity index (χ4n) is 2.46. The molecular weight excluding hydrogens is 327 g/mol. The number of carbonyl (C=O) groups excluding carboxylic acids is 2. The van der Waals surface area contributed by atoms with Gasteiger partial charge in [0, 0.05) is 19.5 Å². The first-order valence-electron chi connectivity index (χ1n) is 6.50. The van der Waals surface area contributed by atoms with Gasteiger partial charge in [-0.25, -0.2) is 4.39 Å². The highest BCUT2D eigenvalue weighted by atomic mass is 79.9. The quantitative estimate of drug-likeness (QED) is 0.916. The van der Waals surface area contributed by atoms with Crippen LogP contribution in [0.25, 0.3) is 0 Å². The number of piperidine rings is 1. The van der Waals surface area contributed by atoms with Gasteiger partial charge in [-0.05, 0) is 46.8 Å². The molecule has 1 aliphatic heterocycles. The highest BCUT2D eigenvalue weighted by Crippen LogP contribution is 2.24. The SMILES string of the molecule is NC(=O)CC1CCN(C(=O)c2cccc(Br)c2F)CC1. The Balaban J connectivity index is 2.02. The number of halogens is 2. The summed E-state index contributed by atoms with van der Waals surface area (Å²) in [4.78, 5) is 24.8. The van der Waals surface area contributed by atoms with Crippen LogP contribution in [0.3, 0.4) is 0 Å². The average molecular weight is 343 g/mol. The lowest BCUT2D eigenvalue weighted by atomic mass is 9.93. The number of nitrogens with zero attached hydrogens (tertiary/aromatic N) is 1. The fourth-order valence-corrected chi connectivity index (χ4v) is 2.83. The van der Waals surface area contributed by atoms with E-state index in [4.69, 9.17) is 5.73 Å². The summed E-state index contributed by atoms with van der Waals surface area (Å²) in [6, 6.07) is 4.68. The molecule has 4 nitrogen and oxygen atoms in total. The van der Waals surface area contributed by atoms with Crippen molar-refractivity contribution in [2.75, 3.05) is 13.1 Å². The van der Waals surface area contributed by atoms with Crippen molar-refractivity contribution in [1.82, 2.24) is 4.90 Å². The molecule has 108 valence electrons. The highest BCUT2D eigenvalue weighted by Gasteiger charge is 2.26. The number of likely N-dealkylation sites (tertiary alicyclic amines) is 1. The first-order chi connectivity index (χ1) is 9.49. The molecule has 1 saturated heterocycles. The number of carbonyl (C=O) groups is 2. The lowest BCUT2D eigenvalue weighted by molar-refractivity contribution is -0.119. The second-order valence-corrected chi connectivity index (χ2v) is 5.86. The van der Waals surface area contributed by atoms with Crippen molar-refractivity contribution in [3.05, 3.63) is 34.1 Å². The molecule has 0 aliphatic carbocycles. The average Bonchev–Trinajstić information content (AvgIpc) is 2.41. The molecule has 2 rings (SSSR count). The van der Waals surface area contributed by atoms with E-state index < -0.39 is 5.82 Å². The Morgan fingerprint density at radius 1 is 1.35 bits per heavy atom. The Bertz CT molecular complexity index is 528. The van der Waals surface area contributed by atoms with Gasteiger partial charge < -0.3 is 10.6 Å². The van der Waals surface area contributed by atoms with E-state index in [-0.39, 0.29) is 27.8 Å². The molecule has 20 heavy (non-hydrogen) atoms. The predicted molar refractivity (Wildman–Crippen MR) is 76.5 cm³/mol. The van der Waals surface area contributed by atoms with E-state index in [1.165, 1.54) is 6.07 Å². The van der Waals surface area contributed by atoms with Gasteiger partial charge >= 0.3 is 0 Å². The molecule has 0 bridgehead atoms. The Labute approximate surface area is 125 Å². The van der Waals surface area contributed by atoms with E-state index in [0.717, 1.165) is 12.8 Å². The number of amides is 2. The lowest BCUT2D eigenvalue weighted by Gasteiger charge is -2.31. The van der Waals surface area contributed by atoms with Crippen LogP contribution >= 0.6 is 15.9 Å². The third-order valence-corrected chi connectivity index (χ3v) is 4.19. The molecular formula is C14H16BrFN2O2. The summed E-state index contributed by atoms with van der Waals surface area (Å²) >= 11 is 3.08. The Hall–Kier alpha value is -1.43. The Morgan fingerprint density at radius 3 is 2.60 bits per heavy atom. The van der Waals surface area contributed by atoms with E-state index in [9.17, 15) is 14.0 Å². The molecule has 0 unspecified atom stereocenters.